The van der Waals surface area contributed by atoms with E-state index in [9.17, 15) is 4.79 Å². The average molecular weight is 418 g/mol. The van der Waals surface area contributed by atoms with E-state index < -0.39 is 0 Å². The predicted molar refractivity (Wildman–Crippen MR) is 112 cm³/mol. The number of thioether (sulfide) groups is 1. The highest BCUT2D eigenvalue weighted by Crippen LogP contribution is 2.22. The number of nitrogens with one attached hydrogen (secondary N) is 1. The molecule has 0 bridgehead atoms. The highest BCUT2D eigenvalue weighted by Gasteiger charge is 2.15. The Morgan fingerprint density at radius 2 is 2.11 bits per heavy atom. The molecule has 148 valence electrons. The smallest absolute Gasteiger partial charge is 0.236 e. The summed E-state index contributed by atoms with van der Waals surface area (Å²) in [5.41, 5.74) is 3.12. The summed E-state index contributed by atoms with van der Waals surface area (Å²) in [5, 5.41) is 14.5. The molecule has 3 rings (SSSR count). The first-order chi connectivity index (χ1) is 13.5. The quantitative estimate of drug-likeness (QED) is 0.558. The molecule has 0 spiro atoms. The second-order valence-electron chi connectivity index (χ2n) is 6.33. The first-order valence-corrected chi connectivity index (χ1v) is 10.8. The third-order valence-corrected chi connectivity index (χ3v) is 5.85. The van der Waals surface area contributed by atoms with Crippen molar-refractivity contribution in [2.75, 3.05) is 11.1 Å². The number of thiazole rings is 1. The van der Waals surface area contributed by atoms with Crippen LogP contribution in [0.2, 0.25) is 0 Å². The largest absolute Gasteiger partial charge is 0.485 e. The fourth-order valence-electron chi connectivity index (χ4n) is 2.55. The molecule has 28 heavy (non-hydrogen) atoms. The van der Waals surface area contributed by atoms with Crippen molar-refractivity contribution < 1.29 is 9.53 Å². The number of amides is 1. The maximum Gasteiger partial charge on any atom is 0.236 e. The van der Waals surface area contributed by atoms with Crippen LogP contribution in [0.3, 0.4) is 0 Å². The molecule has 0 saturated heterocycles. The van der Waals surface area contributed by atoms with E-state index in [0.717, 1.165) is 28.4 Å². The Hall–Kier alpha value is -2.39. The van der Waals surface area contributed by atoms with Crippen LogP contribution in [0.5, 0.6) is 5.75 Å². The summed E-state index contributed by atoms with van der Waals surface area (Å²) in [6, 6.07) is 6.12. The number of aromatic nitrogens is 4. The Labute approximate surface area is 172 Å². The topological polar surface area (TPSA) is 81.9 Å². The molecular weight excluding hydrogens is 394 g/mol. The molecule has 0 unspecified atom stereocenters. The van der Waals surface area contributed by atoms with Crippen molar-refractivity contribution >= 4 is 34.1 Å². The lowest BCUT2D eigenvalue weighted by Crippen LogP contribution is -2.14. The number of hydrogen-bond donors (Lipinski definition) is 1. The number of rotatable bonds is 8. The molecule has 7 nitrogen and oxygen atoms in total. The van der Waals surface area contributed by atoms with Crippen molar-refractivity contribution in [1.82, 2.24) is 19.7 Å². The molecule has 0 saturated carbocycles. The molecule has 2 heterocycles. The van der Waals surface area contributed by atoms with Gasteiger partial charge in [0.2, 0.25) is 5.91 Å². The maximum atomic E-state index is 12.1. The van der Waals surface area contributed by atoms with Gasteiger partial charge in [-0.25, -0.2) is 4.98 Å². The molecule has 2 aromatic heterocycles. The van der Waals surface area contributed by atoms with E-state index in [4.69, 9.17) is 4.74 Å². The van der Waals surface area contributed by atoms with Crippen LogP contribution in [-0.2, 0) is 17.9 Å². The minimum Gasteiger partial charge on any atom is -0.485 e. The summed E-state index contributed by atoms with van der Waals surface area (Å²) >= 11 is 2.77. The Balaban J connectivity index is 1.60. The van der Waals surface area contributed by atoms with Crippen LogP contribution < -0.4 is 10.1 Å². The number of benzene rings is 1. The second kappa shape index (κ2) is 9.20. The molecule has 0 aliphatic heterocycles. The van der Waals surface area contributed by atoms with Gasteiger partial charge in [0.1, 0.15) is 12.4 Å². The van der Waals surface area contributed by atoms with Crippen molar-refractivity contribution in [3.05, 3.63) is 46.2 Å². The van der Waals surface area contributed by atoms with Crippen LogP contribution in [0.15, 0.2) is 28.7 Å². The van der Waals surface area contributed by atoms with Gasteiger partial charge in [-0.15, -0.1) is 21.5 Å². The Kier molecular flexibility index (Phi) is 6.69. The van der Waals surface area contributed by atoms with Crippen LogP contribution in [0, 0.1) is 20.8 Å². The van der Waals surface area contributed by atoms with Crippen LogP contribution in [0.25, 0.3) is 0 Å². The van der Waals surface area contributed by atoms with Gasteiger partial charge in [-0.3, -0.25) is 4.79 Å². The van der Waals surface area contributed by atoms with Crippen molar-refractivity contribution in [3.8, 4) is 5.75 Å². The summed E-state index contributed by atoms with van der Waals surface area (Å²) in [6.07, 6.45) is 0. The summed E-state index contributed by atoms with van der Waals surface area (Å²) in [5.74, 6) is 1.72. The highest BCUT2D eigenvalue weighted by molar-refractivity contribution is 7.99. The lowest BCUT2D eigenvalue weighted by Gasteiger charge is -2.11. The molecule has 0 radical (unpaired) electrons. The third kappa shape index (κ3) is 5.11. The van der Waals surface area contributed by atoms with E-state index in [-0.39, 0.29) is 11.7 Å². The Morgan fingerprint density at radius 3 is 2.82 bits per heavy atom. The van der Waals surface area contributed by atoms with Crippen LogP contribution in [0.4, 0.5) is 5.13 Å². The van der Waals surface area contributed by atoms with Gasteiger partial charge in [-0.2, -0.15) is 0 Å². The molecule has 9 heteroatoms. The zero-order valence-electron chi connectivity index (χ0n) is 16.4. The van der Waals surface area contributed by atoms with Gasteiger partial charge in [-0.1, -0.05) is 23.9 Å². The molecule has 3 aromatic rings. The fourth-order valence-corrected chi connectivity index (χ4v) is 4.08. The third-order valence-electron chi connectivity index (χ3n) is 4.01. The molecule has 1 aromatic carbocycles. The number of carbonyl (C=O) groups is 1. The lowest BCUT2D eigenvalue weighted by molar-refractivity contribution is -0.113. The van der Waals surface area contributed by atoms with E-state index in [0.29, 0.717) is 23.4 Å². The number of nitrogens with zero attached hydrogens (tertiary/aromatic N) is 4. The molecule has 1 amide bonds. The predicted octanol–water partition coefficient (Wildman–Crippen LogP) is 3.99. The number of ether oxygens (including phenoxy) is 1. The normalized spacial score (nSPS) is 10.9. The van der Waals surface area contributed by atoms with Gasteiger partial charge in [0, 0.05) is 11.9 Å². The van der Waals surface area contributed by atoms with Gasteiger partial charge < -0.3 is 14.6 Å². The van der Waals surface area contributed by atoms with Gasteiger partial charge >= 0.3 is 0 Å². The summed E-state index contributed by atoms with van der Waals surface area (Å²) in [7, 11) is 0. The number of anilines is 1. The number of hydrogen-bond acceptors (Lipinski definition) is 7. The Morgan fingerprint density at radius 1 is 1.29 bits per heavy atom. The second-order valence-corrected chi connectivity index (χ2v) is 8.13. The number of carbonyl (C=O) groups excluding carboxylic acids is 1. The standard InChI is InChI=1S/C19H23N5O2S2/c1-5-24-16(9-26-15-8-12(2)6-7-13(15)3)22-23-19(24)28-11-17(25)21-18-20-14(4)10-27-18/h6-8,10H,5,9,11H2,1-4H3,(H,20,21,25). The van der Waals surface area contributed by atoms with Crippen LogP contribution in [-0.4, -0.2) is 31.4 Å². The van der Waals surface area contributed by atoms with E-state index in [1.54, 1.807) is 0 Å². The molecule has 0 atom stereocenters. The van der Waals surface area contributed by atoms with Crippen molar-refractivity contribution in [3.63, 3.8) is 0 Å². The lowest BCUT2D eigenvalue weighted by atomic mass is 10.1. The van der Waals surface area contributed by atoms with Crippen LogP contribution >= 0.6 is 23.1 Å². The van der Waals surface area contributed by atoms with E-state index in [1.165, 1.54) is 23.1 Å². The average Bonchev–Trinajstić information content (AvgIpc) is 3.26. The summed E-state index contributed by atoms with van der Waals surface area (Å²) in [6.45, 7) is 9.00. The minimum absolute atomic E-state index is 0.113. The van der Waals surface area contributed by atoms with Gasteiger partial charge in [0.05, 0.1) is 11.4 Å². The molecular formula is C19H23N5O2S2. The first kappa shape index (κ1) is 20.3. The monoisotopic (exact) mass is 417 g/mol. The first-order valence-electron chi connectivity index (χ1n) is 8.93. The molecule has 0 fully saturated rings. The molecule has 0 aliphatic carbocycles. The summed E-state index contributed by atoms with van der Waals surface area (Å²) in [4.78, 5) is 16.4. The van der Waals surface area contributed by atoms with Crippen molar-refractivity contribution in [1.29, 1.82) is 0 Å². The fraction of sp³-hybridized carbons (Fsp3) is 0.368. The maximum absolute atomic E-state index is 12.1. The van der Waals surface area contributed by atoms with Gasteiger partial charge in [0.15, 0.2) is 16.1 Å². The Bertz CT molecular complexity index is 967. The van der Waals surface area contributed by atoms with Crippen molar-refractivity contribution in [2.24, 2.45) is 0 Å². The zero-order chi connectivity index (χ0) is 20.1. The highest BCUT2D eigenvalue weighted by atomic mass is 32.2. The van der Waals surface area contributed by atoms with Crippen LogP contribution in [0.1, 0.15) is 29.6 Å². The van der Waals surface area contributed by atoms with E-state index in [2.05, 4.69) is 26.6 Å². The van der Waals surface area contributed by atoms with E-state index in [1.807, 2.05) is 49.8 Å². The zero-order valence-corrected chi connectivity index (χ0v) is 18.0. The number of aryl methyl sites for hydroxylation is 3. The van der Waals surface area contributed by atoms with E-state index >= 15 is 0 Å². The van der Waals surface area contributed by atoms with Crippen molar-refractivity contribution in [2.45, 2.75) is 46.0 Å². The van der Waals surface area contributed by atoms with Gasteiger partial charge in [0.25, 0.3) is 0 Å². The minimum atomic E-state index is -0.113. The SMILES string of the molecule is CCn1c(COc2cc(C)ccc2C)nnc1SCC(=O)Nc1nc(C)cs1. The molecule has 0 aliphatic rings. The van der Waals surface area contributed by atoms with Gasteiger partial charge in [-0.05, 0) is 44.9 Å². The molecule has 1 N–H and O–H groups in total. The summed E-state index contributed by atoms with van der Waals surface area (Å²) < 4.78 is 7.92.